The number of nitrogens with zero attached hydrogens (tertiary/aromatic N) is 1. The van der Waals surface area contributed by atoms with Crippen molar-refractivity contribution in [2.45, 2.75) is 19.4 Å². The normalized spacial score (nSPS) is 11.2. The van der Waals surface area contributed by atoms with E-state index < -0.39 is 0 Å². The van der Waals surface area contributed by atoms with Gasteiger partial charge < -0.3 is 20.1 Å². The number of hydrogen-bond acceptors (Lipinski definition) is 3. The number of ether oxygens (including phenoxy) is 2. The molecule has 0 aliphatic rings. The second-order valence-electron chi connectivity index (χ2n) is 5.78. The van der Waals surface area contributed by atoms with Gasteiger partial charge in [0.15, 0.2) is 17.5 Å². The molecule has 0 saturated carbocycles. The molecule has 0 aliphatic carbocycles. The molecule has 5 nitrogen and oxygen atoms in total. The quantitative estimate of drug-likeness (QED) is 0.432. The maximum Gasteiger partial charge on any atom is 0.191 e. The van der Waals surface area contributed by atoms with Crippen LogP contribution in [0.5, 0.6) is 11.5 Å². The predicted molar refractivity (Wildman–Crippen MR) is 102 cm³/mol. The first kappa shape index (κ1) is 19.6. The average Bonchev–Trinajstić information content (AvgIpc) is 2.67. The Kier molecular flexibility index (Phi) is 7.74. The summed E-state index contributed by atoms with van der Waals surface area (Å²) >= 11 is 0. The van der Waals surface area contributed by atoms with Crippen LogP contribution < -0.4 is 20.1 Å². The number of aliphatic imine (C=N–C) groups is 1. The maximum atomic E-state index is 13.2. The molecule has 0 radical (unpaired) electrons. The molecule has 6 heteroatoms. The number of halogens is 1. The second-order valence-corrected chi connectivity index (χ2v) is 5.78. The molecular formula is C20H26FN3O2. The van der Waals surface area contributed by atoms with Crippen molar-refractivity contribution < 1.29 is 13.9 Å². The Labute approximate surface area is 154 Å². The molecule has 2 rings (SSSR count). The highest BCUT2D eigenvalue weighted by Gasteiger charge is 2.05. The van der Waals surface area contributed by atoms with Crippen LogP contribution in [0.2, 0.25) is 0 Å². The molecule has 0 unspecified atom stereocenters. The molecule has 2 N–H and O–H groups in total. The third kappa shape index (κ3) is 5.95. The lowest BCUT2D eigenvalue weighted by atomic mass is 10.1. The van der Waals surface area contributed by atoms with E-state index in [4.69, 9.17) is 9.47 Å². The van der Waals surface area contributed by atoms with Crippen LogP contribution in [-0.4, -0.2) is 33.8 Å². The van der Waals surface area contributed by atoms with Crippen molar-refractivity contribution in [3.05, 3.63) is 59.4 Å². The van der Waals surface area contributed by atoms with Gasteiger partial charge in [0.05, 0.1) is 14.2 Å². The van der Waals surface area contributed by atoms with Crippen LogP contribution >= 0.6 is 0 Å². The molecule has 140 valence electrons. The fraction of sp³-hybridized carbons (Fsp3) is 0.350. The van der Waals surface area contributed by atoms with Crippen LogP contribution in [-0.2, 0) is 13.0 Å². The lowest BCUT2D eigenvalue weighted by molar-refractivity contribution is 0.354. The van der Waals surface area contributed by atoms with Crippen molar-refractivity contribution in [2.75, 3.05) is 27.8 Å². The number of guanidine groups is 1. The van der Waals surface area contributed by atoms with Crippen molar-refractivity contribution in [1.29, 1.82) is 0 Å². The van der Waals surface area contributed by atoms with Gasteiger partial charge in [-0.25, -0.2) is 4.39 Å². The molecular weight excluding hydrogens is 333 g/mol. The van der Waals surface area contributed by atoms with Gasteiger partial charge in [0.25, 0.3) is 0 Å². The molecule has 0 aliphatic heterocycles. The Balaban J connectivity index is 1.77. The van der Waals surface area contributed by atoms with E-state index in [0.717, 1.165) is 36.5 Å². The minimum absolute atomic E-state index is 0.192. The Morgan fingerprint density at radius 1 is 1.00 bits per heavy atom. The van der Waals surface area contributed by atoms with Crippen LogP contribution in [0.3, 0.4) is 0 Å². The van der Waals surface area contributed by atoms with E-state index in [1.807, 2.05) is 24.3 Å². The monoisotopic (exact) mass is 359 g/mol. The number of nitrogens with one attached hydrogen (secondary N) is 2. The van der Waals surface area contributed by atoms with Gasteiger partial charge in [0.2, 0.25) is 0 Å². The fourth-order valence-electron chi connectivity index (χ4n) is 2.59. The Morgan fingerprint density at radius 2 is 1.81 bits per heavy atom. The van der Waals surface area contributed by atoms with E-state index in [1.54, 1.807) is 33.4 Å². The summed E-state index contributed by atoms with van der Waals surface area (Å²) in [7, 11) is 4.97. The summed E-state index contributed by atoms with van der Waals surface area (Å²) in [5.74, 6) is 1.93. The minimum atomic E-state index is -0.192. The number of benzene rings is 2. The third-order valence-electron chi connectivity index (χ3n) is 3.96. The maximum absolute atomic E-state index is 13.2. The number of rotatable bonds is 8. The number of aryl methyl sites for hydroxylation is 1. The first-order chi connectivity index (χ1) is 12.7. The Hall–Kier alpha value is -2.76. The Morgan fingerprint density at radius 3 is 2.50 bits per heavy atom. The molecule has 0 amide bonds. The topological polar surface area (TPSA) is 54.9 Å². The van der Waals surface area contributed by atoms with Gasteiger partial charge in [0, 0.05) is 20.1 Å². The summed E-state index contributed by atoms with van der Waals surface area (Å²) in [6.45, 7) is 1.37. The van der Waals surface area contributed by atoms with Gasteiger partial charge in [0.1, 0.15) is 5.82 Å². The lowest BCUT2D eigenvalue weighted by Gasteiger charge is -2.13. The molecule has 26 heavy (non-hydrogen) atoms. The standard InChI is InChI=1S/C20H26FN3O2/c1-22-20(23-11-5-7-15-6-4-8-17(21)12-15)24-14-16-9-10-18(25-2)19(13-16)26-3/h4,6,8-10,12-13H,5,7,11,14H2,1-3H3,(H2,22,23,24). The van der Waals surface area contributed by atoms with Crippen LogP contribution in [0.15, 0.2) is 47.5 Å². The Bertz CT molecular complexity index is 735. The predicted octanol–water partition coefficient (Wildman–Crippen LogP) is 3.14. The average molecular weight is 359 g/mol. The van der Waals surface area contributed by atoms with Crippen LogP contribution in [0.1, 0.15) is 17.5 Å². The molecule has 0 atom stereocenters. The molecule has 0 bridgehead atoms. The molecule has 0 saturated heterocycles. The van der Waals surface area contributed by atoms with Gasteiger partial charge in [-0.15, -0.1) is 0 Å². The molecule has 0 fully saturated rings. The van der Waals surface area contributed by atoms with Crippen molar-refractivity contribution in [3.63, 3.8) is 0 Å². The molecule has 0 spiro atoms. The minimum Gasteiger partial charge on any atom is -0.493 e. The highest BCUT2D eigenvalue weighted by Crippen LogP contribution is 2.27. The SMILES string of the molecule is CN=C(NCCCc1cccc(F)c1)NCc1ccc(OC)c(OC)c1. The van der Waals surface area contributed by atoms with Gasteiger partial charge in [-0.05, 0) is 48.2 Å². The highest BCUT2D eigenvalue weighted by molar-refractivity contribution is 5.79. The molecule has 2 aromatic rings. The zero-order valence-electron chi connectivity index (χ0n) is 15.5. The van der Waals surface area contributed by atoms with E-state index >= 15 is 0 Å². The van der Waals surface area contributed by atoms with E-state index in [-0.39, 0.29) is 5.82 Å². The zero-order valence-corrected chi connectivity index (χ0v) is 15.5. The summed E-state index contributed by atoms with van der Waals surface area (Å²) in [5.41, 5.74) is 2.06. The molecule has 0 heterocycles. The summed E-state index contributed by atoms with van der Waals surface area (Å²) < 4.78 is 23.7. The molecule has 2 aromatic carbocycles. The van der Waals surface area contributed by atoms with Gasteiger partial charge in [-0.1, -0.05) is 18.2 Å². The van der Waals surface area contributed by atoms with Crippen molar-refractivity contribution >= 4 is 5.96 Å². The van der Waals surface area contributed by atoms with E-state index in [2.05, 4.69) is 15.6 Å². The second kappa shape index (κ2) is 10.3. The van der Waals surface area contributed by atoms with Crippen LogP contribution in [0.25, 0.3) is 0 Å². The van der Waals surface area contributed by atoms with Gasteiger partial charge in [-0.2, -0.15) is 0 Å². The third-order valence-corrected chi connectivity index (χ3v) is 3.96. The summed E-state index contributed by atoms with van der Waals surface area (Å²) in [6.07, 6.45) is 1.71. The van der Waals surface area contributed by atoms with Crippen molar-refractivity contribution in [1.82, 2.24) is 10.6 Å². The van der Waals surface area contributed by atoms with E-state index in [9.17, 15) is 4.39 Å². The smallest absolute Gasteiger partial charge is 0.191 e. The number of hydrogen-bond donors (Lipinski definition) is 2. The number of methoxy groups -OCH3 is 2. The van der Waals surface area contributed by atoms with Crippen LogP contribution in [0, 0.1) is 5.82 Å². The fourth-order valence-corrected chi connectivity index (χ4v) is 2.59. The van der Waals surface area contributed by atoms with E-state index in [1.165, 1.54) is 6.07 Å². The zero-order chi connectivity index (χ0) is 18.8. The summed E-state index contributed by atoms with van der Waals surface area (Å²) in [6, 6.07) is 12.5. The van der Waals surface area contributed by atoms with Crippen molar-refractivity contribution in [2.24, 2.45) is 4.99 Å². The largest absolute Gasteiger partial charge is 0.493 e. The summed E-state index contributed by atoms with van der Waals surface area (Å²) in [5, 5.41) is 6.53. The summed E-state index contributed by atoms with van der Waals surface area (Å²) in [4.78, 5) is 4.22. The first-order valence-electron chi connectivity index (χ1n) is 8.56. The highest BCUT2D eigenvalue weighted by atomic mass is 19.1. The van der Waals surface area contributed by atoms with Gasteiger partial charge >= 0.3 is 0 Å². The van der Waals surface area contributed by atoms with Gasteiger partial charge in [-0.3, -0.25) is 4.99 Å². The lowest BCUT2D eigenvalue weighted by Crippen LogP contribution is -2.37. The van der Waals surface area contributed by atoms with Crippen molar-refractivity contribution in [3.8, 4) is 11.5 Å². The first-order valence-corrected chi connectivity index (χ1v) is 8.56. The van der Waals surface area contributed by atoms with Crippen LogP contribution in [0.4, 0.5) is 4.39 Å². The van der Waals surface area contributed by atoms with E-state index in [0.29, 0.717) is 18.0 Å². The molecule has 0 aromatic heterocycles.